The third-order valence-electron chi connectivity index (χ3n) is 6.92. The molecule has 0 aliphatic heterocycles. The van der Waals surface area contributed by atoms with Crippen LogP contribution in [0.15, 0.2) is 89.6 Å². The van der Waals surface area contributed by atoms with Crippen LogP contribution in [0.5, 0.6) is 0 Å². The molecule has 0 spiro atoms. The SMILES string of the molecule is Cc1ccnc(-c2[c-]cccc2)c1.[2H]C([2H])([2H])C(C([2H])([2H])[2H])(C([2H])([2H])[2H])C([2H])([2H])c1ccnc(-c2[c-]cc([Si](C)(C)C)c3c2oc2ccccc23)c1C.[Ir]. The van der Waals surface area contributed by atoms with Crippen molar-refractivity contribution < 1.29 is 39.6 Å². The van der Waals surface area contributed by atoms with Crippen LogP contribution in [0.2, 0.25) is 19.6 Å². The minimum absolute atomic E-state index is 0. The Balaban J connectivity index is 0.000000389. The zero-order chi connectivity index (χ0) is 39.4. The molecule has 0 atom stereocenters. The second-order valence-electron chi connectivity index (χ2n) is 11.3. The van der Waals surface area contributed by atoms with E-state index in [1.807, 2.05) is 66.9 Å². The van der Waals surface area contributed by atoms with E-state index in [9.17, 15) is 0 Å². The van der Waals surface area contributed by atoms with Crippen molar-refractivity contribution in [2.45, 2.75) is 60.4 Å². The van der Waals surface area contributed by atoms with E-state index in [1.54, 1.807) is 0 Å². The van der Waals surface area contributed by atoms with Crippen molar-refractivity contribution in [2.24, 2.45) is 5.41 Å². The van der Waals surface area contributed by atoms with E-state index < -0.39 is 46.0 Å². The first-order valence-electron chi connectivity index (χ1n) is 19.2. The average Bonchev–Trinajstić information content (AvgIpc) is 3.42. The second kappa shape index (κ2) is 13.1. The summed E-state index contributed by atoms with van der Waals surface area (Å²) >= 11 is 0. The number of pyridine rings is 2. The van der Waals surface area contributed by atoms with E-state index in [-0.39, 0.29) is 31.4 Å². The zero-order valence-corrected chi connectivity index (χ0v) is 28.1. The molecule has 0 aliphatic carbocycles. The van der Waals surface area contributed by atoms with Crippen molar-refractivity contribution in [2.75, 3.05) is 0 Å². The van der Waals surface area contributed by atoms with Gasteiger partial charge in [0.2, 0.25) is 0 Å². The van der Waals surface area contributed by atoms with Crippen LogP contribution in [0.1, 0.15) is 52.3 Å². The van der Waals surface area contributed by atoms with Crippen molar-refractivity contribution in [3.8, 4) is 22.5 Å². The molecule has 5 heteroatoms. The molecule has 1 radical (unpaired) electrons. The molecule has 3 aromatic heterocycles. The van der Waals surface area contributed by atoms with Crippen molar-refractivity contribution in [1.29, 1.82) is 0 Å². The normalized spacial score (nSPS) is 16.6. The average molecular weight is 772 g/mol. The summed E-state index contributed by atoms with van der Waals surface area (Å²) in [5.74, 6) is 0. The molecule has 0 saturated heterocycles. The summed E-state index contributed by atoms with van der Waals surface area (Å²) in [7, 11) is -1.90. The summed E-state index contributed by atoms with van der Waals surface area (Å²) in [4.78, 5) is 8.71. The van der Waals surface area contributed by atoms with E-state index in [4.69, 9.17) is 19.5 Å². The van der Waals surface area contributed by atoms with Gasteiger partial charge >= 0.3 is 0 Å². The first kappa shape index (κ1) is 20.6. The minimum atomic E-state index is -3.73. The maximum atomic E-state index is 8.94. The predicted octanol–water partition coefficient (Wildman–Crippen LogP) is 9.75. The Morgan fingerprint density at radius 3 is 2.37 bits per heavy atom. The molecule has 0 amide bonds. The number of hydrogen-bond donors (Lipinski definition) is 0. The van der Waals surface area contributed by atoms with Gasteiger partial charge in [0.1, 0.15) is 5.58 Å². The molecule has 3 nitrogen and oxygen atoms in total. The molecular formula is C38H40IrN2OSi-2. The number of hydrogen-bond acceptors (Lipinski definition) is 3. The second-order valence-corrected chi connectivity index (χ2v) is 16.4. The van der Waals surface area contributed by atoms with Crippen LogP contribution in [0.25, 0.3) is 44.5 Å². The molecule has 43 heavy (non-hydrogen) atoms. The van der Waals surface area contributed by atoms with Gasteiger partial charge in [-0.15, -0.1) is 53.2 Å². The first-order chi connectivity index (χ1) is 24.4. The number of para-hydroxylation sites is 1. The van der Waals surface area contributed by atoms with Crippen molar-refractivity contribution >= 4 is 35.2 Å². The predicted molar refractivity (Wildman–Crippen MR) is 180 cm³/mol. The molecule has 0 N–H and O–H groups in total. The van der Waals surface area contributed by atoms with Gasteiger partial charge in [-0.05, 0) is 55.2 Å². The van der Waals surface area contributed by atoms with Gasteiger partial charge in [-0.3, -0.25) is 0 Å². The van der Waals surface area contributed by atoms with Crippen molar-refractivity contribution in [3.63, 3.8) is 0 Å². The molecule has 0 fully saturated rings. The number of rotatable bonds is 4. The largest absolute Gasteiger partial charge is 0.501 e. The summed E-state index contributed by atoms with van der Waals surface area (Å²) in [5.41, 5.74) is 0.879. The summed E-state index contributed by atoms with van der Waals surface area (Å²) in [6.07, 6.45) is -0.319. The number of nitrogens with zero attached hydrogens (tertiary/aromatic N) is 2. The summed E-state index contributed by atoms with van der Waals surface area (Å²) in [6.45, 7) is -1.07. The molecule has 6 aromatic rings. The maximum Gasteiger partial charge on any atom is 0.120 e. The van der Waals surface area contributed by atoms with Crippen LogP contribution in [0.4, 0.5) is 0 Å². The molecule has 223 valence electrons. The molecule has 0 bridgehead atoms. The minimum Gasteiger partial charge on any atom is -0.501 e. The van der Waals surface area contributed by atoms with Crippen LogP contribution < -0.4 is 5.19 Å². The smallest absolute Gasteiger partial charge is 0.120 e. The van der Waals surface area contributed by atoms with Crippen LogP contribution in [0.3, 0.4) is 0 Å². The van der Waals surface area contributed by atoms with Gasteiger partial charge in [-0.1, -0.05) is 92.1 Å². The molecule has 3 heterocycles. The molecule has 0 unspecified atom stereocenters. The number of benzene rings is 3. The molecule has 3 aromatic carbocycles. The van der Waals surface area contributed by atoms with Gasteiger partial charge in [0, 0.05) is 61.0 Å². The fourth-order valence-corrected chi connectivity index (χ4v) is 6.40. The number of fused-ring (bicyclic) bond motifs is 3. The summed E-state index contributed by atoms with van der Waals surface area (Å²) in [5, 5.41) is 2.85. The van der Waals surface area contributed by atoms with E-state index in [2.05, 4.69) is 54.7 Å². The topological polar surface area (TPSA) is 38.9 Å². The summed E-state index contributed by atoms with van der Waals surface area (Å²) < 4.78 is 96.4. The maximum absolute atomic E-state index is 8.94. The molecule has 0 saturated carbocycles. The third kappa shape index (κ3) is 7.41. The van der Waals surface area contributed by atoms with Crippen LogP contribution in [-0.2, 0) is 26.5 Å². The standard InChI is InChI=1S/C26H30NOSi.C12H10N.Ir/c1-17-18(16-26(2,3)4)14-15-27-24(17)20-12-13-22(29(5,6)7)23-19-10-8-9-11-21(19)28-25(20)23;1-10-7-8-13-12(9-10)11-5-3-2-4-6-11;/h8-11,13-15H,16H2,1-7H3;2-5,7-9H,1H3;/q2*-1;/i2D3,3D3,4D3,16D2;;. The van der Waals surface area contributed by atoms with Crippen LogP contribution in [-0.4, -0.2) is 18.0 Å². The number of furan rings is 1. The summed E-state index contributed by atoms with van der Waals surface area (Å²) in [6, 6.07) is 28.8. The first-order valence-corrected chi connectivity index (χ1v) is 17.2. The molecule has 6 rings (SSSR count). The fraction of sp³-hybridized carbons (Fsp3) is 0.263. The quantitative estimate of drug-likeness (QED) is 0.132. The number of aryl methyl sites for hydroxylation is 1. The fourth-order valence-electron chi connectivity index (χ4n) is 4.90. The van der Waals surface area contributed by atoms with E-state index in [1.165, 1.54) is 18.7 Å². The van der Waals surface area contributed by atoms with Crippen molar-refractivity contribution in [1.82, 2.24) is 9.97 Å². The van der Waals surface area contributed by atoms with Gasteiger partial charge in [0.25, 0.3) is 0 Å². The van der Waals surface area contributed by atoms with E-state index in [0.717, 1.165) is 33.3 Å². The Labute approximate surface area is 286 Å². The Kier molecular flexibility index (Phi) is 6.26. The van der Waals surface area contributed by atoms with Gasteiger partial charge in [0.05, 0.1) is 5.58 Å². The van der Waals surface area contributed by atoms with Gasteiger partial charge in [-0.25, -0.2) is 0 Å². The van der Waals surface area contributed by atoms with Gasteiger partial charge in [-0.2, -0.15) is 0 Å². The third-order valence-corrected chi connectivity index (χ3v) is 8.93. The Bertz CT molecular complexity index is 2220. The van der Waals surface area contributed by atoms with Gasteiger partial charge in [0.15, 0.2) is 0 Å². The monoisotopic (exact) mass is 772 g/mol. The zero-order valence-electron chi connectivity index (χ0n) is 35.7. The number of aromatic nitrogens is 2. The Hall–Kier alpha value is -3.37. The van der Waals surface area contributed by atoms with Crippen molar-refractivity contribution in [3.05, 3.63) is 114 Å². The molecular weight excluding hydrogens is 721 g/mol. The van der Waals surface area contributed by atoms with Gasteiger partial charge < -0.3 is 14.4 Å². The van der Waals surface area contributed by atoms with E-state index >= 15 is 0 Å². The van der Waals surface area contributed by atoms with Crippen LogP contribution in [0, 0.1) is 31.4 Å². The van der Waals surface area contributed by atoms with Crippen LogP contribution >= 0.6 is 0 Å². The molecule has 0 aliphatic rings. The Morgan fingerprint density at radius 2 is 1.67 bits per heavy atom. The van der Waals surface area contributed by atoms with E-state index in [0.29, 0.717) is 16.7 Å². The Morgan fingerprint density at radius 1 is 0.930 bits per heavy atom.